The standard InChI is InChI=1S/C12H16N4O3.ClH/c13-9-5-6-15(7-9)8-12(17)14-10-3-1-2-4-11(10)16(18)19;/h1-4,9H,5-8,13H2,(H,14,17);1H/t9-;/m0./s1. The predicted octanol–water partition coefficient (Wildman–Crippen LogP) is 0.988. The lowest BCUT2D eigenvalue weighted by atomic mass is 10.2. The molecule has 110 valence electrons. The summed E-state index contributed by atoms with van der Waals surface area (Å²) >= 11 is 0. The number of hydrogen-bond donors (Lipinski definition) is 2. The number of nitrogens with two attached hydrogens (primary N) is 1. The number of anilines is 1. The molecule has 20 heavy (non-hydrogen) atoms. The summed E-state index contributed by atoms with van der Waals surface area (Å²) in [6.45, 7) is 1.68. The topological polar surface area (TPSA) is 102 Å². The van der Waals surface area contributed by atoms with Gasteiger partial charge in [-0.3, -0.25) is 19.8 Å². The van der Waals surface area contributed by atoms with Crippen LogP contribution in [-0.4, -0.2) is 41.4 Å². The average Bonchev–Trinajstić information content (AvgIpc) is 2.75. The molecule has 3 N–H and O–H groups in total. The van der Waals surface area contributed by atoms with Gasteiger partial charge < -0.3 is 11.1 Å². The van der Waals surface area contributed by atoms with Gasteiger partial charge in [0, 0.05) is 25.2 Å². The SMILES string of the molecule is Cl.N[C@H]1CCN(CC(=O)Nc2ccccc2[N+](=O)[O-])C1. The van der Waals surface area contributed by atoms with Crippen LogP contribution in [0, 0.1) is 10.1 Å². The predicted molar refractivity (Wildman–Crippen MR) is 78.0 cm³/mol. The van der Waals surface area contributed by atoms with Gasteiger partial charge in [0.2, 0.25) is 5.91 Å². The van der Waals surface area contributed by atoms with E-state index in [1.165, 1.54) is 12.1 Å². The van der Waals surface area contributed by atoms with E-state index in [1.54, 1.807) is 12.1 Å². The van der Waals surface area contributed by atoms with Crippen LogP contribution in [0.1, 0.15) is 6.42 Å². The number of nitrogens with zero attached hydrogens (tertiary/aromatic N) is 2. The van der Waals surface area contributed by atoms with Crippen molar-refractivity contribution in [2.45, 2.75) is 12.5 Å². The smallest absolute Gasteiger partial charge is 0.292 e. The normalized spacial score (nSPS) is 18.4. The van der Waals surface area contributed by atoms with Crippen LogP contribution < -0.4 is 11.1 Å². The second kappa shape index (κ2) is 7.18. The monoisotopic (exact) mass is 300 g/mol. The molecule has 8 heteroatoms. The first-order chi connectivity index (χ1) is 9.06. The van der Waals surface area contributed by atoms with Gasteiger partial charge in [0.15, 0.2) is 0 Å². The molecule has 1 aliphatic heterocycles. The third kappa shape index (κ3) is 4.16. The van der Waals surface area contributed by atoms with E-state index in [9.17, 15) is 14.9 Å². The molecule has 7 nitrogen and oxygen atoms in total. The fourth-order valence-electron chi connectivity index (χ4n) is 2.14. The summed E-state index contributed by atoms with van der Waals surface area (Å²) in [5.74, 6) is -0.261. The minimum absolute atomic E-state index is 0. The van der Waals surface area contributed by atoms with Gasteiger partial charge in [0.05, 0.1) is 11.5 Å². The van der Waals surface area contributed by atoms with Gasteiger partial charge in [-0.1, -0.05) is 12.1 Å². The number of hydrogen-bond acceptors (Lipinski definition) is 5. The van der Waals surface area contributed by atoms with Crippen LogP contribution in [0.25, 0.3) is 0 Å². The van der Waals surface area contributed by atoms with Crippen molar-refractivity contribution >= 4 is 29.7 Å². The minimum Gasteiger partial charge on any atom is -0.326 e. The van der Waals surface area contributed by atoms with Crippen molar-refractivity contribution in [2.75, 3.05) is 25.0 Å². The fraction of sp³-hybridized carbons (Fsp3) is 0.417. The third-order valence-electron chi connectivity index (χ3n) is 3.05. The van der Waals surface area contributed by atoms with E-state index in [2.05, 4.69) is 5.32 Å². The molecule has 1 fully saturated rings. The number of carbonyl (C=O) groups excluding carboxylic acids is 1. The van der Waals surface area contributed by atoms with Crippen molar-refractivity contribution in [1.82, 2.24) is 4.90 Å². The van der Waals surface area contributed by atoms with Crippen molar-refractivity contribution in [2.24, 2.45) is 5.73 Å². The zero-order chi connectivity index (χ0) is 13.8. The van der Waals surface area contributed by atoms with Crippen LogP contribution in [0.3, 0.4) is 0 Å². The molecule has 1 heterocycles. The molecule has 1 aromatic carbocycles. The summed E-state index contributed by atoms with van der Waals surface area (Å²) in [7, 11) is 0. The molecule has 0 aromatic heterocycles. The van der Waals surface area contributed by atoms with Crippen molar-refractivity contribution < 1.29 is 9.72 Å². The van der Waals surface area contributed by atoms with Gasteiger partial charge in [-0.25, -0.2) is 0 Å². The van der Waals surface area contributed by atoms with Crippen LogP contribution in [-0.2, 0) is 4.79 Å². The molecule has 0 unspecified atom stereocenters. The lowest BCUT2D eigenvalue weighted by Crippen LogP contribution is -2.33. The molecule has 0 aliphatic carbocycles. The zero-order valence-corrected chi connectivity index (χ0v) is 11.6. The maximum atomic E-state index is 11.8. The Hall–Kier alpha value is -1.70. The molecular formula is C12H17ClN4O3. The first-order valence-corrected chi connectivity index (χ1v) is 6.07. The first-order valence-electron chi connectivity index (χ1n) is 6.07. The Balaban J connectivity index is 0.00000200. The number of nitrogens with one attached hydrogen (secondary N) is 1. The highest BCUT2D eigenvalue weighted by atomic mass is 35.5. The number of benzene rings is 1. The molecule has 1 aliphatic rings. The number of amides is 1. The number of carbonyl (C=O) groups is 1. The number of para-hydroxylation sites is 2. The summed E-state index contributed by atoms with van der Waals surface area (Å²) in [5, 5.41) is 13.4. The summed E-state index contributed by atoms with van der Waals surface area (Å²) < 4.78 is 0. The Morgan fingerprint density at radius 2 is 2.20 bits per heavy atom. The molecule has 0 saturated carbocycles. The van der Waals surface area contributed by atoms with Gasteiger partial charge in [-0.05, 0) is 12.5 Å². The second-order valence-corrected chi connectivity index (χ2v) is 4.61. The highest BCUT2D eigenvalue weighted by Crippen LogP contribution is 2.23. The number of nitro benzene ring substituents is 1. The Morgan fingerprint density at radius 1 is 1.50 bits per heavy atom. The average molecular weight is 301 g/mol. The van der Waals surface area contributed by atoms with Gasteiger partial charge in [-0.2, -0.15) is 0 Å². The van der Waals surface area contributed by atoms with E-state index in [0.29, 0.717) is 6.54 Å². The molecule has 0 radical (unpaired) electrons. The van der Waals surface area contributed by atoms with E-state index in [1.807, 2.05) is 4.90 Å². The molecular weight excluding hydrogens is 284 g/mol. The number of nitro groups is 1. The lowest BCUT2D eigenvalue weighted by molar-refractivity contribution is -0.383. The summed E-state index contributed by atoms with van der Waals surface area (Å²) in [6, 6.07) is 6.20. The fourth-order valence-corrected chi connectivity index (χ4v) is 2.14. The quantitative estimate of drug-likeness (QED) is 0.638. The van der Waals surface area contributed by atoms with Crippen LogP contribution >= 0.6 is 12.4 Å². The Kier molecular flexibility index (Phi) is 5.87. The van der Waals surface area contributed by atoms with Crippen LogP contribution in [0.5, 0.6) is 0 Å². The van der Waals surface area contributed by atoms with Crippen molar-refractivity contribution in [3.8, 4) is 0 Å². The maximum Gasteiger partial charge on any atom is 0.292 e. The molecule has 1 atom stereocenters. The van der Waals surface area contributed by atoms with Gasteiger partial charge in [0.25, 0.3) is 5.69 Å². The van der Waals surface area contributed by atoms with Crippen molar-refractivity contribution in [1.29, 1.82) is 0 Å². The highest BCUT2D eigenvalue weighted by molar-refractivity contribution is 5.94. The number of halogens is 1. The molecule has 0 bridgehead atoms. The Morgan fingerprint density at radius 3 is 2.80 bits per heavy atom. The van der Waals surface area contributed by atoms with E-state index in [4.69, 9.17) is 5.73 Å². The summed E-state index contributed by atoms with van der Waals surface area (Å²) in [5.41, 5.74) is 5.87. The second-order valence-electron chi connectivity index (χ2n) is 4.61. The van der Waals surface area contributed by atoms with Crippen LogP contribution in [0.15, 0.2) is 24.3 Å². The van der Waals surface area contributed by atoms with Crippen LogP contribution in [0.2, 0.25) is 0 Å². The van der Waals surface area contributed by atoms with E-state index in [-0.39, 0.29) is 42.3 Å². The third-order valence-corrected chi connectivity index (χ3v) is 3.05. The van der Waals surface area contributed by atoms with Gasteiger partial charge in [0.1, 0.15) is 5.69 Å². The van der Waals surface area contributed by atoms with E-state index < -0.39 is 4.92 Å². The summed E-state index contributed by atoms with van der Waals surface area (Å²) in [4.78, 5) is 24.1. The number of rotatable bonds is 4. The largest absolute Gasteiger partial charge is 0.326 e. The molecule has 2 rings (SSSR count). The van der Waals surface area contributed by atoms with Crippen LogP contribution in [0.4, 0.5) is 11.4 Å². The molecule has 1 aromatic rings. The zero-order valence-electron chi connectivity index (χ0n) is 10.8. The number of likely N-dealkylation sites (tertiary alicyclic amines) is 1. The maximum absolute atomic E-state index is 11.8. The Labute approximate surface area is 122 Å². The van der Waals surface area contributed by atoms with Crippen molar-refractivity contribution in [3.63, 3.8) is 0 Å². The molecule has 1 saturated heterocycles. The highest BCUT2D eigenvalue weighted by Gasteiger charge is 2.22. The molecule has 0 spiro atoms. The van der Waals surface area contributed by atoms with E-state index >= 15 is 0 Å². The van der Waals surface area contributed by atoms with Gasteiger partial charge >= 0.3 is 0 Å². The van der Waals surface area contributed by atoms with Crippen molar-refractivity contribution in [3.05, 3.63) is 34.4 Å². The lowest BCUT2D eigenvalue weighted by Gasteiger charge is -2.14. The minimum atomic E-state index is -0.513. The summed E-state index contributed by atoms with van der Waals surface area (Å²) in [6.07, 6.45) is 0.874. The van der Waals surface area contributed by atoms with Gasteiger partial charge in [-0.15, -0.1) is 12.4 Å². The Bertz CT molecular complexity index is 497. The molecule has 1 amide bonds. The first kappa shape index (κ1) is 16.4. The van der Waals surface area contributed by atoms with E-state index in [0.717, 1.165) is 13.0 Å².